The number of carbonyl (C=O) groups excluding carboxylic acids is 1. The minimum absolute atomic E-state index is 0.0709. The standard InChI is InChI=1S/C18H17N3O2S/c1-23-15-5-2-4-13(10-15)20-14-7-8-17(19-12-14)21-18(22)11-16-6-3-9-24-16/h2-10,12,20H,11H2,1H3,(H,19,21,22). The molecule has 0 aliphatic heterocycles. The lowest BCUT2D eigenvalue weighted by Crippen LogP contribution is -2.14. The Morgan fingerprint density at radius 3 is 2.79 bits per heavy atom. The summed E-state index contributed by atoms with van der Waals surface area (Å²) >= 11 is 1.57. The zero-order chi connectivity index (χ0) is 16.8. The smallest absolute Gasteiger partial charge is 0.230 e. The van der Waals surface area contributed by atoms with Crippen molar-refractivity contribution in [1.82, 2.24) is 4.98 Å². The Labute approximate surface area is 144 Å². The third-order valence-corrected chi connectivity index (χ3v) is 4.18. The molecule has 2 heterocycles. The second-order valence-electron chi connectivity index (χ2n) is 5.09. The summed E-state index contributed by atoms with van der Waals surface area (Å²) in [5, 5.41) is 8.00. The van der Waals surface area contributed by atoms with Gasteiger partial charge in [0, 0.05) is 16.6 Å². The predicted molar refractivity (Wildman–Crippen MR) is 97.2 cm³/mol. The molecular weight excluding hydrogens is 322 g/mol. The maximum Gasteiger partial charge on any atom is 0.230 e. The van der Waals surface area contributed by atoms with Crippen molar-refractivity contribution in [3.8, 4) is 5.75 Å². The summed E-state index contributed by atoms with van der Waals surface area (Å²) < 4.78 is 5.20. The maximum atomic E-state index is 12.0. The number of rotatable bonds is 6. The van der Waals surface area contributed by atoms with Crippen LogP contribution in [0.3, 0.4) is 0 Å². The van der Waals surface area contributed by atoms with E-state index < -0.39 is 0 Å². The average molecular weight is 339 g/mol. The van der Waals surface area contributed by atoms with E-state index in [0.717, 1.165) is 22.0 Å². The van der Waals surface area contributed by atoms with E-state index in [0.29, 0.717) is 12.2 Å². The second-order valence-corrected chi connectivity index (χ2v) is 6.13. The van der Waals surface area contributed by atoms with Gasteiger partial charge in [-0.15, -0.1) is 11.3 Å². The monoisotopic (exact) mass is 339 g/mol. The third kappa shape index (κ3) is 4.33. The molecule has 0 saturated carbocycles. The number of amides is 1. The van der Waals surface area contributed by atoms with Crippen LogP contribution in [-0.4, -0.2) is 18.0 Å². The number of anilines is 3. The van der Waals surface area contributed by atoms with Gasteiger partial charge in [-0.2, -0.15) is 0 Å². The number of aromatic nitrogens is 1. The van der Waals surface area contributed by atoms with E-state index in [1.54, 1.807) is 30.7 Å². The zero-order valence-corrected chi connectivity index (χ0v) is 14.0. The van der Waals surface area contributed by atoms with E-state index >= 15 is 0 Å². The lowest BCUT2D eigenvalue weighted by molar-refractivity contribution is -0.115. The van der Waals surface area contributed by atoms with Gasteiger partial charge in [-0.25, -0.2) is 4.98 Å². The predicted octanol–water partition coefficient (Wildman–Crippen LogP) is 4.08. The van der Waals surface area contributed by atoms with Crippen molar-refractivity contribution in [2.24, 2.45) is 0 Å². The number of nitrogens with zero attached hydrogens (tertiary/aromatic N) is 1. The second kappa shape index (κ2) is 7.61. The minimum atomic E-state index is -0.0709. The van der Waals surface area contributed by atoms with Gasteiger partial charge in [0.25, 0.3) is 0 Å². The van der Waals surface area contributed by atoms with E-state index in [2.05, 4.69) is 15.6 Å². The molecule has 2 aromatic heterocycles. The molecule has 0 aliphatic carbocycles. The molecule has 0 radical (unpaired) electrons. The Balaban J connectivity index is 1.59. The van der Waals surface area contributed by atoms with E-state index in [9.17, 15) is 4.79 Å². The van der Waals surface area contributed by atoms with Crippen LogP contribution in [0.15, 0.2) is 60.1 Å². The molecule has 3 aromatic rings. The highest BCUT2D eigenvalue weighted by atomic mass is 32.1. The highest BCUT2D eigenvalue weighted by molar-refractivity contribution is 7.10. The van der Waals surface area contributed by atoms with Crippen molar-refractivity contribution in [3.05, 3.63) is 65.0 Å². The average Bonchev–Trinajstić information content (AvgIpc) is 3.09. The Kier molecular flexibility index (Phi) is 5.08. The number of thiophene rings is 1. The molecule has 0 bridgehead atoms. The summed E-state index contributed by atoms with van der Waals surface area (Å²) in [5.74, 6) is 1.25. The molecule has 3 rings (SSSR count). The summed E-state index contributed by atoms with van der Waals surface area (Å²) in [6, 6.07) is 15.2. The van der Waals surface area contributed by atoms with Crippen LogP contribution in [0.1, 0.15) is 4.88 Å². The lowest BCUT2D eigenvalue weighted by atomic mass is 10.3. The summed E-state index contributed by atoms with van der Waals surface area (Å²) in [6.07, 6.45) is 2.05. The van der Waals surface area contributed by atoms with Crippen molar-refractivity contribution in [1.29, 1.82) is 0 Å². The molecule has 0 atom stereocenters. The van der Waals surface area contributed by atoms with Crippen molar-refractivity contribution in [3.63, 3.8) is 0 Å². The first kappa shape index (κ1) is 16.0. The van der Waals surface area contributed by atoms with Gasteiger partial charge in [0.15, 0.2) is 0 Å². The zero-order valence-electron chi connectivity index (χ0n) is 13.2. The van der Waals surface area contributed by atoms with Crippen LogP contribution in [-0.2, 0) is 11.2 Å². The Bertz CT molecular complexity index is 801. The number of nitrogens with one attached hydrogen (secondary N) is 2. The molecule has 24 heavy (non-hydrogen) atoms. The molecule has 0 fully saturated rings. The first-order valence-corrected chi connectivity index (χ1v) is 8.30. The van der Waals surface area contributed by atoms with Crippen LogP contribution in [0.4, 0.5) is 17.2 Å². The molecule has 0 aliphatic rings. The topological polar surface area (TPSA) is 63.2 Å². The summed E-state index contributed by atoms with van der Waals surface area (Å²) in [6.45, 7) is 0. The van der Waals surface area contributed by atoms with Crippen LogP contribution < -0.4 is 15.4 Å². The molecule has 6 heteroatoms. The molecule has 0 saturated heterocycles. The molecule has 1 amide bonds. The van der Waals surface area contributed by atoms with Gasteiger partial charge in [0.1, 0.15) is 11.6 Å². The van der Waals surface area contributed by atoms with Gasteiger partial charge >= 0.3 is 0 Å². The van der Waals surface area contributed by atoms with Crippen molar-refractivity contribution >= 4 is 34.4 Å². The first-order valence-electron chi connectivity index (χ1n) is 7.42. The van der Waals surface area contributed by atoms with Crippen LogP contribution >= 0.6 is 11.3 Å². The van der Waals surface area contributed by atoms with Gasteiger partial charge in [-0.1, -0.05) is 12.1 Å². The van der Waals surface area contributed by atoms with Crippen molar-refractivity contribution in [2.75, 3.05) is 17.7 Å². The van der Waals surface area contributed by atoms with Crippen LogP contribution in [0.5, 0.6) is 5.75 Å². The normalized spacial score (nSPS) is 10.2. The molecule has 122 valence electrons. The molecular formula is C18H17N3O2S. The summed E-state index contributed by atoms with van der Waals surface area (Å²) in [4.78, 5) is 17.2. The summed E-state index contributed by atoms with van der Waals surface area (Å²) in [5.41, 5.74) is 1.74. The fraction of sp³-hybridized carbons (Fsp3) is 0.111. The van der Waals surface area contributed by atoms with E-state index in [4.69, 9.17) is 4.74 Å². The Hall–Kier alpha value is -2.86. The van der Waals surface area contributed by atoms with Crippen LogP contribution in [0, 0.1) is 0 Å². The molecule has 0 unspecified atom stereocenters. The minimum Gasteiger partial charge on any atom is -0.497 e. The number of hydrogen-bond acceptors (Lipinski definition) is 5. The van der Waals surface area contributed by atoms with Crippen molar-refractivity contribution in [2.45, 2.75) is 6.42 Å². The molecule has 0 spiro atoms. The highest BCUT2D eigenvalue weighted by Crippen LogP contribution is 2.21. The maximum absolute atomic E-state index is 12.0. The van der Waals surface area contributed by atoms with Gasteiger partial charge in [0.05, 0.1) is 25.4 Å². The highest BCUT2D eigenvalue weighted by Gasteiger charge is 2.06. The number of ether oxygens (including phenoxy) is 1. The van der Waals surface area contributed by atoms with Crippen LogP contribution in [0.2, 0.25) is 0 Å². The SMILES string of the molecule is COc1cccc(Nc2ccc(NC(=O)Cc3cccs3)nc2)c1. The summed E-state index contributed by atoms with van der Waals surface area (Å²) in [7, 11) is 1.63. The number of benzene rings is 1. The number of methoxy groups -OCH3 is 1. The van der Waals surface area contributed by atoms with Crippen molar-refractivity contribution < 1.29 is 9.53 Å². The lowest BCUT2D eigenvalue weighted by Gasteiger charge is -2.09. The fourth-order valence-corrected chi connectivity index (χ4v) is 2.87. The van der Waals surface area contributed by atoms with Gasteiger partial charge in [-0.3, -0.25) is 4.79 Å². The van der Waals surface area contributed by atoms with E-state index in [1.165, 1.54) is 0 Å². The number of pyridine rings is 1. The van der Waals surface area contributed by atoms with E-state index in [-0.39, 0.29) is 5.91 Å². The number of carbonyl (C=O) groups is 1. The molecule has 2 N–H and O–H groups in total. The number of hydrogen-bond donors (Lipinski definition) is 2. The van der Waals surface area contributed by atoms with Gasteiger partial charge in [0.2, 0.25) is 5.91 Å². The Morgan fingerprint density at radius 1 is 1.17 bits per heavy atom. The fourth-order valence-electron chi connectivity index (χ4n) is 2.17. The largest absolute Gasteiger partial charge is 0.497 e. The molecule has 1 aromatic carbocycles. The molecule has 5 nitrogen and oxygen atoms in total. The quantitative estimate of drug-likeness (QED) is 0.710. The Morgan fingerprint density at radius 2 is 2.08 bits per heavy atom. The van der Waals surface area contributed by atoms with Gasteiger partial charge in [-0.05, 0) is 35.7 Å². The van der Waals surface area contributed by atoms with E-state index in [1.807, 2.05) is 47.8 Å². The van der Waals surface area contributed by atoms with Crippen LogP contribution in [0.25, 0.3) is 0 Å². The first-order chi connectivity index (χ1) is 11.7. The third-order valence-electron chi connectivity index (χ3n) is 3.30. The van der Waals surface area contributed by atoms with Gasteiger partial charge < -0.3 is 15.4 Å².